The van der Waals surface area contributed by atoms with Gasteiger partial charge in [0.2, 0.25) is 0 Å². The van der Waals surface area contributed by atoms with Crippen LogP contribution in [-0.2, 0) is 0 Å². The summed E-state index contributed by atoms with van der Waals surface area (Å²) in [5.74, 6) is 0. The Morgan fingerprint density at radius 1 is 1.33 bits per heavy atom. The molecule has 0 atom stereocenters. The second-order valence-electron chi connectivity index (χ2n) is 2.32. The summed E-state index contributed by atoms with van der Waals surface area (Å²) in [6, 6.07) is 0. The minimum atomic E-state index is 0.790. The first-order valence-corrected chi connectivity index (χ1v) is 3.45. The van der Waals surface area contributed by atoms with Gasteiger partial charge in [-0.3, -0.25) is 4.99 Å². The van der Waals surface area contributed by atoms with E-state index < -0.39 is 0 Å². The molecule has 0 aromatic carbocycles. The maximum absolute atomic E-state index is 5.30. The third-order valence-corrected chi connectivity index (χ3v) is 1.04. The molecule has 0 heterocycles. The SMILES string of the molecule is CC(C)=NCCCCN. The minimum absolute atomic E-state index is 0.790. The van der Waals surface area contributed by atoms with Crippen LogP contribution >= 0.6 is 0 Å². The van der Waals surface area contributed by atoms with Crippen LogP contribution in [-0.4, -0.2) is 18.8 Å². The number of hydrogen-bond acceptors (Lipinski definition) is 2. The third-order valence-electron chi connectivity index (χ3n) is 1.04. The summed E-state index contributed by atoms with van der Waals surface area (Å²) >= 11 is 0. The van der Waals surface area contributed by atoms with Crippen molar-refractivity contribution in [3.05, 3.63) is 0 Å². The molecule has 0 unspecified atom stereocenters. The fraction of sp³-hybridized carbons (Fsp3) is 0.857. The van der Waals surface area contributed by atoms with Crippen molar-refractivity contribution in [2.75, 3.05) is 13.1 Å². The van der Waals surface area contributed by atoms with Gasteiger partial charge in [0.1, 0.15) is 0 Å². The molecule has 0 aromatic heterocycles. The van der Waals surface area contributed by atoms with E-state index in [0.717, 1.165) is 31.6 Å². The Kier molecular flexibility index (Phi) is 5.52. The smallest absolute Gasteiger partial charge is 0.0388 e. The second kappa shape index (κ2) is 5.76. The zero-order valence-corrected chi connectivity index (χ0v) is 6.35. The van der Waals surface area contributed by atoms with Gasteiger partial charge in [0, 0.05) is 12.3 Å². The van der Waals surface area contributed by atoms with Gasteiger partial charge in [-0.15, -0.1) is 0 Å². The van der Waals surface area contributed by atoms with E-state index in [-0.39, 0.29) is 0 Å². The van der Waals surface area contributed by atoms with E-state index in [1.54, 1.807) is 0 Å². The Morgan fingerprint density at radius 2 is 2.00 bits per heavy atom. The van der Waals surface area contributed by atoms with Crippen LogP contribution in [0, 0.1) is 0 Å². The van der Waals surface area contributed by atoms with Gasteiger partial charge in [-0.2, -0.15) is 0 Å². The maximum Gasteiger partial charge on any atom is 0.0388 e. The Bertz CT molecular complexity index is 82.9. The number of nitrogens with two attached hydrogens (primary N) is 1. The van der Waals surface area contributed by atoms with Crippen molar-refractivity contribution in [2.45, 2.75) is 26.7 Å². The lowest BCUT2D eigenvalue weighted by Crippen LogP contribution is -1.99. The third kappa shape index (κ3) is 7.63. The molecule has 2 nitrogen and oxygen atoms in total. The van der Waals surface area contributed by atoms with Crippen molar-refractivity contribution in [3.63, 3.8) is 0 Å². The number of unbranched alkanes of at least 4 members (excludes halogenated alkanes) is 1. The molecule has 0 bridgehead atoms. The van der Waals surface area contributed by atoms with E-state index in [0.29, 0.717) is 0 Å². The topological polar surface area (TPSA) is 38.4 Å². The molecule has 0 saturated carbocycles. The van der Waals surface area contributed by atoms with Crippen LogP contribution in [0.5, 0.6) is 0 Å². The molecule has 0 aromatic rings. The summed E-state index contributed by atoms with van der Waals surface area (Å²) in [4.78, 5) is 4.22. The standard InChI is InChI=1S/C7H16N2/c1-7(2)9-6-4-3-5-8/h3-6,8H2,1-2H3. The number of hydrogen-bond donors (Lipinski definition) is 1. The Labute approximate surface area is 57.2 Å². The predicted octanol–water partition coefficient (Wildman–Crippen LogP) is 1.21. The normalized spacial score (nSPS) is 9.22. The van der Waals surface area contributed by atoms with Crippen molar-refractivity contribution < 1.29 is 0 Å². The minimum Gasteiger partial charge on any atom is -0.330 e. The van der Waals surface area contributed by atoms with Crippen molar-refractivity contribution in [1.82, 2.24) is 0 Å². The second-order valence-corrected chi connectivity index (χ2v) is 2.32. The van der Waals surface area contributed by atoms with E-state index in [2.05, 4.69) is 4.99 Å². The summed E-state index contributed by atoms with van der Waals surface area (Å²) in [6.07, 6.45) is 2.22. The molecule has 0 amide bonds. The highest BCUT2D eigenvalue weighted by atomic mass is 14.7. The molecule has 9 heavy (non-hydrogen) atoms. The largest absolute Gasteiger partial charge is 0.330 e. The first-order chi connectivity index (χ1) is 4.27. The van der Waals surface area contributed by atoms with E-state index in [1.165, 1.54) is 0 Å². The monoisotopic (exact) mass is 128 g/mol. The van der Waals surface area contributed by atoms with Gasteiger partial charge in [0.05, 0.1) is 0 Å². The lowest BCUT2D eigenvalue weighted by atomic mass is 10.3. The molecule has 0 fully saturated rings. The summed E-state index contributed by atoms with van der Waals surface area (Å²) in [7, 11) is 0. The summed E-state index contributed by atoms with van der Waals surface area (Å²) < 4.78 is 0. The van der Waals surface area contributed by atoms with Crippen LogP contribution in [0.2, 0.25) is 0 Å². The van der Waals surface area contributed by atoms with Crippen molar-refractivity contribution in [2.24, 2.45) is 10.7 Å². The summed E-state index contributed by atoms with van der Waals surface area (Å²) in [5, 5.41) is 0. The quantitative estimate of drug-likeness (QED) is 0.448. The molecule has 2 N–H and O–H groups in total. The number of aliphatic imine (C=N–C) groups is 1. The van der Waals surface area contributed by atoms with Crippen molar-refractivity contribution >= 4 is 5.71 Å². The first kappa shape index (κ1) is 8.63. The summed E-state index contributed by atoms with van der Waals surface area (Å²) in [5.41, 5.74) is 6.46. The summed E-state index contributed by atoms with van der Waals surface area (Å²) in [6.45, 7) is 5.77. The lowest BCUT2D eigenvalue weighted by molar-refractivity contribution is 0.755. The molecular formula is C7H16N2. The van der Waals surface area contributed by atoms with Gasteiger partial charge in [-0.1, -0.05) is 0 Å². The van der Waals surface area contributed by atoms with Crippen LogP contribution in [0.15, 0.2) is 4.99 Å². The van der Waals surface area contributed by atoms with E-state index in [4.69, 9.17) is 5.73 Å². The molecule has 0 aliphatic rings. The van der Waals surface area contributed by atoms with Gasteiger partial charge in [0.25, 0.3) is 0 Å². The van der Waals surface area contributed by atoms with Gasteiger partial charge in [0.15, 0.2) is 0 Å². The molecular weight excluding hydrogens is 112 g/mol. The van der Waals surface area contributed by atoms with Gasteiger partial charge < -0.3 is 5.73 Å². The van der Waals surface area contributed by atoms with Gasteiger partial charge in [-0.05, 0) is 33.2 Å². The Balaban J connectivity index is 3.00. The van der Waals surface area contributed by atoms with Crippen LogP contribution < -0.4 is 5.73 Å². The number of nitrogens with zero attached hydrogens (tertiary/aromatic N) is 1. The Morgan fingerprint density at radius 3 is 2.44 bits per heavy atom. The average molecular weight is 128 g/mol. The Hall–Kier alpha value is -0.370. The molecule has 54 valence electrons. The highest BCUT2D eigenvalue weighted by molar-refractivity contribution is 5.78. The lowest BCUT2D eigenvalue weighted by Gasteiger charge is -1.92. The molecule has 2 heteroatoms. The van der Waals surface area contributed by atoms with E-state index >= 15 is 0 Å². The molecule has 0 aliphatic carbocycles. The zero-order chi connectivity index (χ0) is 7.11. The molecule has 0 rings (SSSR count). The molecule has 0 saturated heterocycles. The first-order valence-electron chi connectivity index (χ1n) is 3.45. The number of rotatable bonds is 4. The fourth-order valence-electron chi connectivity index (χ4n) is 0.559. The van der Waals surface area contributed by atoms with Gasteiger partial charge >= 0.3 is 0 Å². The molecule has 0 spiro atoms. The zero-order valence-electron chi connectivity index (χ0n) is 6.35. The fourth-order valence-corrected chi connectivity index (χ4v) is 0.559. The molecule has 0 aliphatic heterocycles. The highest BCUT2D eigenvalue weighted by Gasteiger charge is 1.82. The van der Waals surface area contributed by atoms with Crippen LogP contribution in [0.4, 0.5) is 0 Å². The van der Waals surface area contributed by atoms with E-state index in [1.807, 2.05) is 13.8 Å². The van der Waals surface area contributed by atoms with Gasteiger partial charge in [-0.25, -0.2) is 0 Å². The average Bonchev–Trinajstić information content (AvgIpc) is 1.80. The van der Waals surface area contributed by atoms with Crippen LogP contribution in [0.1, 0.15) is 26.7 Å². The maximum atomic E-state index is 5.30. The highest BCUT2D eigenvalue weighted by Crippen LogP contribution is 1.86. The van der Waals surface area contributed by atoms with E-state index in [9.17, 15) is 0 Å². The van der Waals surface area contributed by atoms with Crippen LogP contribution in [0.3, 0.4) is 0 Å². The van der Waals surface area contributed by atoms with Crippen molar-refractivity contribution in [1.29, 1.82) is 0 Å². The molecule has 0 radical (unpaired) electrons. The predicted molar refractivity (Wildman–Crippen MR) is 41.9 cm³/mol. The van der Waals surface area contributed by atoms with Crippen molar-refractivity contribution in [3.8, 4) is 0 Å². The van der Waals surface area contributed by atoms with Crippen LogP contribution in [0.25, 0.3) is 0 Å².